The fourth-order valence-electron chi connectivity index (χ4n) is 1.48. The van der Waals surface area contributed by atoms with E-state index in [0.717, 1.165) is 23.7 Å². The number of methoxy groups -OCH3 is 2. The van der Waals surface area contributed by atoms with Gasteiger partial charge in [0.15, 0.2) is 0 Å². The summed E-state index contributed by atoms with van der Waals surface area (Å²) >= 11 is 0. The molecular weight excluding hydrogens is 216 g/mol. The van der Waals surface area contributed by atoms with Crippen molar-refractivity contribution in [3.8, 4) is 5.75 Å². The van der Waals surface area contributed by atoms with Crippen LogP contribution in [0.3, 0.4) is 0 Å². The van der Waals surface area contributed by atoms with Gasteiger partial charge in [-0.1, -0.05) is 0 Å². The first kappa shape index (κ1) is 13.9. The molecule has 0 radical (unpaired) electrons. The molecule has 0 atom stereocenters. The van der Waals surface area contributed by atoms with Gasteiger partial charge in [-0.25, -0.2) is 0 Å². The second-order valence-electron chi connectivity index (χ2n) is 4.71. The molecule has 17 heavy (non-hydrogen) atoms. The molecule has 0 amide bonds. The van der Waals surface area contributed by atoms with E-state index in [0.29, 0.717) is 6.54 Å². The van der Waals surface area contributed by atoms with Crippen molar-refractivity contribution in [2.45, 2.75) is 32.9 Å². The molecule has 0 fully saturated rings. The van der Waals surface area contributed by atoms with E-state index in [2.05, 4.69) is 10.3 Å². The van der Waals surface area contributed by atoms with E-state index in [-0.39, 0.29) is 5.60 Å². The average molecular weight is 238 g/mol. The largest absolute Gasteiger partial charge is 0.497 e. The molecule has 96 valence electrons. The normalized spacial score (nSPS) is 11.6. The Morgan fingerprint density at radius 3 is 2.59 bits per heavy atom. The zero-order valence-electron chi connectivity index (χ0n) is 11.3. The highest BCUT2D eigenvalue weighted by Gasteiger charge is 2.15. The summed E-state index contributed by atoms with van der Waals surface area (Å²) in [6, 6.07) is 3.86. The van der Waals surface area contributed by atoms with Gasteiger partial charge in [0.05, 0.1) is 18.4 Å². The molecule has 1 heterocycles. The van der Waals surface area contributed by atoms with Crippen LogP contribution in [0.4, 0.5) is 0 Å². The van der Waals surface area contributed by atoms with Crippen LogP contribution in [-0.4, -0.2) is 31.3 Å². The smallest absolute Gasteiger partial charge is 0.122 e. The van der Waals surface area contributed by atoms with Crippen molar-refractivity contribution in [1.82, 2.24) is 10.3 Å². The first-order valence-corrected chi connectivity index (χ1v) is 5.74. The Morgan fingerprint density at radius 2 is 2.00 bits per heavy atom. The van der Waals surface area contributed by atoms with Gasteiger partial charge in [-0.05, 0) is 20.8 Å². The number of ether oxygens (including phenoxy) is 2. The maximum absolute atomic E-state index is 5.34. The van der Waals surface area contributed by atoms with E-state index < -0.39 is 0 Å². The number of hydrogen-bond acceptors (Lipinski definition) is 4. The highest BCUT2D eigenvalue weighted by atomic mass is 16.5. The number of aromatic nitrogens is 1. The van der Waals surface area contributed by atoms with Crippen molar-refractivity contribution in [3.05, 3.63) is 23.5 Å². The minimum absolute atomic E-state index is 0.159. The summed E-state index contributed by atoms with van der Waals surface area (Å²) in [5, 5.41) is 3.33. The summed E-state index contributed by atoms with van der Waals surface area (Å²) in [5.74, 6) is 0.848. The fourth-order valence-corrected chi connectivity index (χ4v) is 1.48. The highest BCUT2D eigenvalue weighted by Crippen LogP contribution is 2.13. The van der Waals surface area contributed by atoms with Crippen molar-refractivity contribution in [2.75, 3.05) is 20.8 Å². The monoisotopic (exact) mass is 238 g/mol. The van der Waals surface area contributed by atoms with Crippen molar-refractivity contribution in [1.29, 1.82) is 0 Å². The molecule has 0 aliphatic heterocycles. The molecule has 4 heteroatoms. The molecule has 0 spiro atoms. The molecule has 1 aromatic rings. The second-order valence-corrected chi connectivity index (χ2v) is 4.71. The molecule has 0 unspecified atom stereocenters. The summed E-state index contributed by atoms with van der Waals surface area (Å²) in [7, 11) is 3.38. The third-order valence-corrected chi connectivity index (χ3v) is 2.63. The molecular formula is C13H22N2O2. The first-order valence-electron chi connectivity index (χ1n) is 5.74. The average Bonchev–Trinajstić information content (AvgIpc) is 2.28. The Labute approximate surface area is 103 Å². The van der Waals surface area contributed by atoms with Gasteiger partial charge >= 0.3 is 0 Å². The molecule has 1 rings (SSSR count). The van der Waals surface area contributed by atoms with Gasteiger partial charge in [-0.3, -0.25) is 4.98 Å². The zero-order valence-corrected chi connectivity index (χ0v) is 11.3. The van der Waals surface area contributed by atoms with Gasteiger partial charge in [0.1, 0.15) is 5.75 Å². The van der Waals surface area contributed by atoms with Crippen LogP contribution >= 0.6 is 0 Å². The summed E-state index contributed by atoms with van der Waals surface area (Å²) in [4.78, 5) is 4.44. The molecule has 0 aromatic carbocycles. The van der Waals surface area contributed by atoms with Crippen molar-refractivity contribution in [3.63, 3.8) is 0 Å². The Balaban J connectivity index is 2.55. The third-order valence-electron chi connectivity index (χ3n) is 2.63. The SMILES string of the molecule is COc1cc(C)nc(CNCC(C)(C)OC)c1. The van der Waals surface area contributed by atoms with Crippen molar-refractivity contribution < 1.29 is 9.47 Å². The van der Waals surface area contributed by atoms with E-state index in [4.69, 9.17) is 9.47 Å². The molecule has 1 aromatic heterocycles. The predicted octanol–water partition coefficient (Wildman–Crippen LogP) is 1.91. The van der Waals surface area contributed by atoms with Crippen LogP contribution in [0, 0.1) is 6.92 Å². The second kappa shape index (κ2) is 5.98. The minimum atomic E-state index is -0.159. The summed E-state index contributed by atoms with van der Waals surface area (Å²) in [6.07, 6.45) is 0. The van der Waals surface area contributed by atoms with Gasteiger partial charge in [0.2, 0.25) is 0 Å². The van der Waals surface area contributed by atoms with Gasteiger partial charge in [0, 0.05) is 38.0 Å². The Morgan fingerprint density at radius 1 is 1.29 bits per heavy atom. The number of rotatable bonds is 6. The maximum Gasteiger partial charge on any atom is 0.122 e. The predicted molar refractivity (Wildman–Crippen MR) is 68.3 cm³/mol. The Bertz CT molecular complexity index is 364. The van der Waals surface area contributed by atoms with Crippen LogP contribution in [0.5, 0.6) is 5.75 Å². The van der Waals surface area contributed by atoms with Crippen LogP contribution in [-0.2, 0) is 11.3 Å². The number of pyridine rings is 1. The first-order chi connectivity index (χ1) is 7.96. The molecule has 0 aliphatic rings. The van der Waals surface area contributed by atoms with E-state index >= 15 is 0 Å². The standard InChI is InChI=1S/C13H22N2O2/c1-10-6-12(16-4)7-11(15-10)8-14-9-13(2,3)17-5/h6-7,14H,8-9H2,1-5H3. The Hall–Kier alpha value is -1.13. The number of hydrogen-bond donors (Lipinski definition) is 1. The number of nitrogens with one attached hydrogen (secondary N) is 1. The maximum atomic E-state index is 5.34. The van der Waals surface area contributed by atoms with Crippen LogP contribution in [0.15, 0.2) is 12.1 Å². The number of aryl methyl sites for hydroxylation is 1. The van der Waals surface area contributed by atoms with Gasteiger partial charge < -0.3 is 14.8 Å². The van der Waals surface area contributed by atoms with E-state index in [1.807, 2.05) is 32.9 Å². The van der Waals surface area contributed by atoms with E-state index in [1.165, 1.54) is 0 Å². The van der Waals surface area contributed by atoms with E-state index in [9.17, 15) is 0 Å². The van der Waals surface area contributed by atoms with Crippen LogP contribution in [0.1, 0.15) is 25.2 Å². The lowest BCUT2D eigenvalue weighted by molar-refractivity contribution is 0.0230. The van der Waals surface area contributed by atoms with Gasteiger partial charge in [-0.15, -0.1) is 0 Å². The van der Waals surface area contributed by atoms with E-state index in [1.54, 1.807) is 14.2 Å². The summed E-state index contributed by atoms with van der Waals surface area (Å²) in [5.41, 5.74) is 1.79. The fraction of sp³-hybridized carbons (Fsp3) is 0.615. The molecule has 0 saturated heterocycles. The van der Waals surface area contributed by atoms with Crippen molar-refractivity contribution >= 4 is 0 Å². The lowest BCUT2D eigenvalue weighted by atomic mass is 10.1. The molecule has 0 bridgehead atoms. The molecule has 0 aliphatic carbocycles. The van der Waals surface area contributed by atoms with Crippen LogP contribution in [0.25, 0.3) is 0 Å². The molecule has 0 saturated carbocycles. The van der Waals surface area contributed by atoms with Gasteiger partial charge in [-0.2, -0.15) is 0 Å². The quantitative estimate of drug-likeness (QED) is 0.822. The Kier molecular flexibility index (Phi) is 4.90. The van der Waals surface area contributed by atoms with Crippen LogP contribution < -0.4 is 10.1 Å². The topological polar surface area (TPSA) is 43.4 Å². The lowest BCUT2D eigenvalue weighted by Gasteiger charge is -2.23. The van der Waals surface area contributed by atoms with Crippen molar-refractivity contribution in [2.24, 2.45) is 0 Å². The third kappa shape index (κ3) is 4.71. The minimum Gasteiger partial charge on any atom is -0.497 e. The number of nitrogens with zero attached hydrogens (tertiary/aromatic N) is 1. The summed E-state index contributed by atoms with van der Waals surface area (Å²) < 4.78 is 10.5. The molecule has 1 N–H and O–H groups in total. The van der Waals surface area contributed by atoms with Gasteiger partial charge in [0.25, 0.3) is 0 Å². The molecule has 4 nitrogen and oxygen atoms in total. The lowest BCUT2D eigenvalue weighted by Crippen LogP contribution is -2.36. The highest BCUT2D eigenvalue weighted by molar-refractivity contribution is 5.26. The zero-order chi connectivity index (χ0) is 12.9. The van der Waals surface area contributed by atoms with Crippen LogP contribution in [0.2, 0.25) is 0 Å². The summed E-state index contributed by atoms with van der Waals surface area (Å²) in [6.45, 7) is 7.55.